The highest BCUT2D eigenvalue weighted by molar-refractivity contribution is 5.77. The fourth-order valence-electron chi connectivity index (χ4n) is 4.07. The Labute approximate surface area is 145 Å². The van der Waals surface area contributed by atoms with E-state index in [4.69, 9.17) is 4.74 Å². The molecule has 2 heterocycles. The molecule has 0 atom stereocenters. The number of carbonyl (C=O) groups excluding carboxylic acids is 1. The number of benzene rings is 1. The molecule has 132 valence electrons. The Morgan fingerprint density at radius 3 is 2.62 bits per heavy atom. The summed E-state index contributed by atoms with van der Waals surface area (Å²) < 4.78 is 5.75. The number of likely N-dealkylation sites (tertiary alicyclic amines) is 1. The normalized spacial score (nSPS) is 19.9. The van der Waals surface area contributed by atoms with Crippen LogP contribution in [0, 0.1) is 12.3 Å². The van der Waals surface area contributed by atoms with Crippen molar-refractivity contribution in [2.45, 2.75) is 46.0 Å². The van der Waals surface area contributed by atoms with E-state index in [2.05, 4.69) is 32.2 Å². The van der Waals surface area contributed by atoms with Gasteiger partial charge in [0.05, 0.1) is 0 Å². The van der Waals surface area contributed by atoms with Crippen LogP contribution < -0.4 is 10.1 Å². The van der Waals surface area contributed by atoms with Crippen molar-refractivity contribution < 1.29 is 9.53 Å². The Bertz CT molecular complexity index is 581. The molecule has 0 saturated carbocycles. The lowest BCUT2D eigenvalue weighted by atomic mass is 9.78. The highest BCUT2D eigenvalue weighted by Crippen LogP contribution is 2.36. The summed E-state index contributed by atoms with van der Waals surface area (Å²) in [6.45, 7) is 10.6. The highest BCUT2D eigenvalue weighted by Gasteiger charge is 2.37. The van der Waals surface area contributed by atoms with Gasteiger partial charge in [-0.25, -0.2) is 0 Å². The smallest absolute Gasteiger partial charge is 0.260 e. The molecule has 24 heavy (non-hydrogen) atoms. The van der Waals surface area contributed by atoms with Crippen molar-refractivity contribution in [1.29, 1.82) is 0 Å². The lowest BCUT2D eigenvalue weighted by molar-refractivity contribution is -0.135. The van der Waals surface area contributed by atoms with Crippen molar-refractivity contribution in [1.82, 2.24) is 10.2 Å². The first-order chi connectivity index (χ1) is 11.5. The van der Waals surface area contributed by atoms with E-state index in [0.29, 0.717) is 11.3 Å². The number of ether oxygens (including phenoxy) is 1. The third kappa shape index (κ3) is 3.75. The summed E-state index contributed by atoms with van der Waals surface area (Å²) in [5.74, 6) is 1.41. The molecule has 4 heteroatoms. The van der Waals surface area contributed by atoms with Gasteiger partial charge in [-0.05, 0) is 67.3 Å². The molecule has 2 aliphatic heterocycles. The quantitative estimate of drug-likeness (QED) is 0.922. The first-order valence-corrected chi connectivity index (χ1v) is 9.21. The number of carbonyl (C=O) groups is 1. The van der Waals surface area contributed by atoms with Crippen LogP contribution in [0.25, 0.3) is 0 Å². The van der Waals surface area contributed by atoms with Crippen LogP contribution in [0.5, 0.6) is 5.75 Å². The van der Waals surface area contributed by atoms with E-state index in [0.717, 1.165) is 44.8 Å². The van der Waals surface area contributed by atoms with Gasteiger partial charge < -0.3 is 15.0 Å². The van der Waals surface area contributed by atoms with Gasteiger partial charge in [0.2, 0.25) is 0 Å². The van der Waals surface area contributed by atoms with E-state index >= 15 is 0 Å². The van der Waals surface area contributed by atoms with E-state index in [1.165, 1.54) is 17.5 Å². The van der Waals surface area contributed by atoms with Gasteiger partial charge in [0, 0.05) is 19.6 Å². The summed E-state index contributed by atoms with van der Waals surface area (Å²) in [7, 11) is 0. The van der Waals surface area contributed by atoms with Crippen molar-refractivity contribution >= 4 is 5.91 Å². The monoisotopic (exact) mass is 330 g/mol. The molecular weight excluding hydrogens is 300 g/mol. The van der Waals surface area contributed by atoms with Crippen LogP contribution >= 0.6 is 0 Å². The first-order valence-electron chi connectivity index (χ1n) is 9.21. The van der Waals surface area contributed by atoms with Crippen molar-refractivity contribution in [3.05, 3.63) is 29.3 Å². The number of piperidine rings is 1. The Morgan fingerprint density at radius 2 is 2.04 bits per heavy atom. The van der Waals surface area contributed by atoms with Gasteiger partial charge in [-0.1, -0.05) is 19.9 Å². The van der Waals surface area contributed by atoms with Crippen molar-refractivity contribution in [2.24, 2.45) is 5.41 Å². The van der Waals surface area contributed by atoms with Gasteiger partial charge in [0.25, 0.3) is 5.91 Å². The van der Waals surface area contributed by atoms with Crippen LogP contribution in [-0.2, 0) is 4.79 Å². The summed E-state index contributed by atoms with van der Waals surface area (Å²) >= 11 is 0. The molecule has 1 aromatic rings. The summed E-state index contributed by atoms with van der Waals surface area (Å²) in [6, 6.07) is 6.13. The maximum atomic E-state index is 12.4. The predicted molar refractivity (Wildman–Crippen MR) is 96.5 cm³/mol. The van der Waals surface area contributed by atoms with E-state index in [-0.39, 0.29) is 12.5 Å². The average Bonchev–Trinajstić information content (AvgIpc) is 3.01. The molecule has 0 unspecified atom stereocenters. The Morgan fingerprint density at radius 1 is 1.29 bits per heavy atom. The van der Waals surface area contributed by atoms with Gasteiger partial charge in [0.15, 0.2) is 6.61 Å². The van der Waals surface area contributed by atoms with Gasteiger partial charge in [-0.2, -0.15) is 0 Å². The lowest BCUT2D eigenvalue weighted by Gasteiger charge is -2.38. The van der Waals surface area contributed by atoms with E-state index in [1.807, 2.05) is 17.0 Å². The maximum Gasteiger partial charge on any atom is 0.260 e. The van der Waals surface area contributed by atoms with E-state index in [1.54, 1.807) is 0 Å². The van der Waals surface area contributed by atoms with Crippen molar-refractivity contribution in [2.75, 3.05) is 32.8 Å². The van der Waals surface area contributed by atoms with Crippen molar-refractivity contribution in [3.63, 3.8) is 0 Å². The van der Waals surface area contributed by atoms with E-state index < -0.39 is 0 Å². The molecule has 2 fully saturated rings. The molecular formula is C20H30N2O2. The van der Waals surface area contributed by atoms with E-state index in [9.17, 15) is 4.79 Å². The maximum absolute atomic E-state index is 12.4. The molecule has 0 aliphatic carbocycles. The zero-order valence-electron chi connectivity index (χ0n) is 15.2. The number of nitrogens with one attached hydrogen (secondary N) is 1. The molecule has 0 aromatic heterocycles. The second-order valence-electron chi connectivity index (χ2n) is 7.77. The molecule has 1 N–H and O–H groups in total. The SMILES string of the molecule is Cc1cc(OCC(=O)N2CCC3(CCNC3)CC2)ccc1C(C)C. The lowest BCUT2D eigenvalue weighted by Crippen LogP contribution is -2.45. The topological polar surface area (TPSA) is 41.6 Å². The van der Waals surface area contributed by atoms with Gasteiger partial charge in [-0.15, -0.1) is 0 Å². The second-order valence-corrected chi connectivity index (χ2v) is 7.77. The minimum absolute atomic E-state index is 0.112. The number of hydrogen-bond acceptors (Lipinski definition) is 3. The number of hydrogen-bond donors (Lipinski definition) is 1. The molecule has 2 aliphatic rings. The summed E-state index contributed by atoms with van der Waals surface area (Å²) in [5, 5.41) is 3.46. The standard InChI is InChI=1S/C20H30N2O2/c1-15(2)18-5-4-17(12-16(18)3)24-13-19(23)22-10-7-20(8-11-22)6-9-21-14-20/h4-5,12,15,21H,6-11,13-14H2,1-3H3. The minimum Gasteiger partial charge on any atom is -0.484 e. The molecule has 1 aromatic carbocycles. The molecule has 1 amide bonds. The first kappa shape index (κ1) is 17.3. The highest BCUT2D eigenvalue weighted by atomic mass is 16.5. The van der Waals surface area contributed by atoms with Crippen LogP contribution in [0.3, 0.4) is 0 Å². The minimum atomic E-state index is 0.112. The summed E-state index contributed by atoms with van der Waals surface area (Å²) in [5.41, 5.74) is 3.00. The Balaban J connectivity index is 1.50. The largest absolute Gasteiger partial charge is 0.484 e. The fraction of sp³-hybridized carbons (Fsp3) is 0.650. The van der Waals surface area contributed by atoms with Crippen LogP contribution in [-0.4, -0.2) is 43.6 Å². The van der Waals surface area contributed by atoms with Crippen LogP contribution in [0.4, 0.5) is 0 Å². The van der Waals surface area contributed by atoms with Gasteiger partial charge in [-0.3, -0.25) is 4.79 Å². The number of amides is 1. The van der Waals surface area contributed by atoms with Crippen LogP contribution in [0.2, 0.25) is 0 Å². The zero-order chi connectivity index (χ0) is 17.2. The molecule has 4 nitrogen and oxygen atoms in total. The van der Waals surface area contributed by atoms with Crippen molar-refractivity contribution in [3.8, 4) is 5.75 Å². The van der Waals surface area contributed by atoms with Gasteiger partial charge >= 0.3 is 0 Å². The molecule has 3 rings (SSSR count). The Kier molecular flexibility index (Phi) is 5.14. The molecule has 0 bridgehead atoms. The third-order valence-electron chi connectivity index (χ3n) is 5.73. The predicted octanol–water partition coefficient (Wildman–Crippen LogP) is 3.10. The summed E-state index contributed by atoms with van der Waals surface area (Å²) in [6.07, 6.45) is 3.49. The Hall–Kier alpha value is -1.55. The van der Waals surface area contributed by atoms with Crippen LogP contribution in [0.1, 0.15) is 50.2 Å². The molecule has 2 saturated heterocycles. The number of aryl methyl sites for hydroxylation is 1. The fourth-order valence-corrected chi connectivity index (χ4v) is 4.07. The van der Waals surface area contributed by atoms with Gasteiger partial charge in [0.1, 0.15) is 5.75 Å². The second kappa shape index (κ2) is 7.14. The number of nitrogens with zero attached hydrogens (tertiary/aromatic N) is 1. The zero-order valence-corrected chi connectivity index (χ0v) is 15.2. The molecule has 1 spiro atoms. The molecule has 0 radical (unpaired) electrons. The average molecular weight is 330 g/mol. The number of rotatable bonds is 4. The third-order valence-corrected chi connectivity index (χ3v) is 5.73. The van der Waals surface area contributed by atoms with Crippen LogP contribution in [0.15, 0.2) is 18.2 Å². The summed E-state index contributed by atoms with van der Waals surface area (Å²) in [4.78, 5) is 14.4.